The molecule has 0 aromatic carbocycles. The van der Waals surface area contributed by atoms with Gasteiger partial charge in [-0.3, -0.25) is 6.57 Å². The number of nitrogens with zero attached hydrogens (tertiary/aromatic N) is 1. The van der Waals surface area contributed by atoms with Gasteiger partial charge in [-0.25, -0.2) is 0 Å². The standard InChI is InChI=1S/C3H3.C2H2N.Au/c2*1-3-2;/h1H3;1H2;/q2*-1;. The van der Waals surface area contributed by atoms with Gasteiger partial charge in [-0.15, -0.1) is 0 Å². The summed E-state index contributed by atoms with van der Waals surface area (Å²) in [5.74, 6) is 2.00. The summed E-state index contributed by atoms with van der Waals surface area (Å²) in [6.45, 7) is 7.26. The van der Waals surface area contributed by atoms with Crippen LogP contribution >= 0.6 is 0 Å². The molecule has 0 rings (SSSR count). The van der Waals surface area contributed by atoms with Gasteiger partial charge in [0.05, 0.1) is 0 Å². The molecular weight excluding hydrogens is 271 g/mol. The van der Waals surface area contributed by atoms with Crippen molar-refractivity contribution in [3.05, 3.63) is 24.9 Å². The molecule has 1 radical (unpaired) electrons. The van der Waals surface area contributed by atoms with Crippen molar-refractivity contribution in [3.63, 3.8) is 0 Å². The third-order valence-corrected chi connectivity index (χ3v) is 0. The molecule has 0 heterocycles. The first-order valence-electron chi connectivity index (χ1n) is 1.29. The Bertz CT molecular complexity index is 63.1. The molecule has 7 heavy (non-hydrogen) atoms. The van der Waals surface area contributed by atoms with E-state index in [-0.39, 0.29) is 22.4 Å². The summed E-state index contributed by atoms with van der Waals surface area (Å²) in [5.41, 5.74) is 0. The molecular formula is C5H5AuN-2. The Hall–Kier alpha value is -0.340. The summed E-state index contributed by atoms with van der Waals surface area (Å²) < 4.78 is 0. The van der Waals surface area contributed by atoms with Crippen LogP contribution in [0, 0.1) is 26.0 Å². The molecule has 0 unspecified atom stereocenters. The number of rotatable bonds is 0. The zero-order chi connectivity index (χ0) is 5.41. The van der Waals surface area contributed by atoms with Gasteiger partial charge >= 0.3 is 0 Å². The molecule has 0 bridgehead atoms. The van der Waals surface area contributed by atoms with Gasteiger partial charge in [0.1, 0.15) is 0 Å². The molecule has 43 valence electrons. The molecule has 0 amide bonds. The maximum Gasteiger partial charge on any atom is 0 e. The van der Waals surface area contributed by atoms with E-state index in [1.807, 2.05) is 5.92 Å². The van der Waals surface area contributed by atoms with Gasteiger partial charge in [0, 0.05) is 22.4 Å². The van der Waals surface area contributed by atoms with Crippen molar-refractivity contribution in [1.82, 2.24) is 0 Å². The predicted molar refractivity (Wildman–Crippen MR) is 24.8 cm³/mol. The maximum atomic E-state index is 5.96. The van der Waals surface area contributed by atoms with Crippen LogP contribution in [0.3, 0.4) is 0 Å². The topological polar surface area (TPSA) is 4.36 Å². The molecule has 0 saturated heterocycles. The van der Waals surface area contributed by atoms with Crippen LogP contribution in [0.4, 0.5) is 0 Å². The third kappa shape index (κ3) is 657. The van der Waals surface area contributed by atoms with E-state index in [9.17, 15) is 0 Å². The van der Waals surface area contributed by atoms with Gasteiger partial charge in [-0.05, 0) is 6.92 Å². The van der Waals surface area contributed by atoms with E-state index in [1.165, 1.54) is 0 Å². The molecule has 0 aliphatic carbocycles. The van der Waals surface area contributed by atoms with Crippen molar-refractivity contribution in [2.24, 2.45) is 0 Å². The van der Waals surface area contributed by atoms with Crippen molar-refractivity contribution in [2.45, 2.75) is 6.92 Å². The minimum Gasteiger partial charge on any atom is -0.694 e. The van der Waals surface area contributed by atoms with Gasteiger partial charge in [0.15, 0.2) is 0 Å². The summed E-state index contributed by atoms with van der Waals surface area (Å²) in [5, 5.41) is 0. The summed E-state index contributed by atoms with van der Waals surface area (Å²) in [4.78, 5) is 2.50. The minimum absolute atomic E-state index is 0. The normalized spacial score (nSPS) is 2.14. The van der Waals surface area contributed by atoms with Crippen LogP contribution in [0.15, 0.2) is 0 Å². The fraction of sp³-hybridized carbons (Fsp3) is 0.200. The second-order valence-corrected chi connectivity index (χ2v) is 0.408. The molecule has 0 aromatic heterocycles. The maximum absolute atomic E-state index is 5.96. The van der Waals surface area contributed by atoms with Crippen molar-refractivity contribution in [3.8, 4) is 5.92 Å². The average molecular weight is 276 g/mol. The Morgan fingerprint density at radius 1 is 1.71 bits per heavy atom. The Labute approximate surface area is 60.4 Å². The van der Waals surface area contributed by atoms with Crippen LogP contribution in [0.2, 0.25) is 0 Å². The van der Waals surface area contributed by atoms with Crippen LogP contribution in [-0.2, 0) is 22.4 Å². The van der Waals surface area contributed by atoms with Crippen molar-refractivity contribution in [2.75, 3.05) is 0 Å². The van der Waals surface area contributed by atoms with Crippen molar-refractivity contribution >= 4 is 0 Å². The first-order chi connectivity index (χ1) is 2.83. The summed E-state index contributed by atoms with van der Waals surface area (Å²) >= 11 is 0. The van der Waals surface area contributed by atoms with Crippen LogP contribution in [-0.4, -0.2) is 0 Å². The van der Waals surface area contributed by atoms with E-state index in [4.69, 9.17) is 13.0 Å². The van der Waals surface area contributed by atoms with E-state index in [0.717, 1.165) is 0 Å². The molecule has 0 N–H and O–H groups in total. The number of hydrogen-bond donors (Lipinski definition) is 0. The zero-order valence-corrected chi connectivity index (χ0v) is 6.12. The van der Waals surface area contributed by atoms with E-state index >= 15 is 0 Å². The van der Waals surface area contributed by atoms with E-state index < -0.39 is 0 Å². The van der Waals surface area contributed by atoms with E-state index in [0.29, 0.717) is 0 Å². The van der Waals surface area contributed by atoms with Crippen molar-refractivity contribution in [1.29, 1.82) is 0 Å². The molecule has 0 aliphatic rings. The third-order valence-electron chi connectivity index (χ3n) is 0. The molecule has 0 fully saturated rings. The minimum atomic E-state index is 0. The fourth-order valence-corrected chi connectivity index (χ4v) is 0. The van der Waals surface area contributed by atoms with Crippen molar-refractivity contribution < 1.29 is 22.4 Å². The molecule has 0 saturated carbocycles. The summed E-state index contributed by atoms with van der Waals surface area (Å²) in [7, 11) is 2.78. The van der Waals surface area contributed by atoms with Crippen LogP contribution in [0.25, 0.3) is 4.85 Å². The first kappa shape index (κ1) is 15.9. The van der Waals surface area contributed by atoms with Gasteiger partial charge in [-0.1, -0.05) is 7.05 Å². The first-order valence-corrected chi connectivity index (χ1v) is 1.29. The Morgan fingerprint density at radius 3 is 1.71 bits per heavy atom. The molecule has 0 spiro atoms. The monoisotopic (exact) mass is 276 g/mol. The molecule has 0 aromatic rings. The average Bonchev–Trinajstić information content (AvgIpc) is 1.39. The van der Waals surface area contributed by atoms with Gasteiger partial charge in [0.2, 0.25) is 0 Å². The van der Waals surface area contributed by atoms with E-state index in [2.05, 4.69) is 11.9 Å². The second kappa shape index (κ2) is 44.6. The van der Waals surface area contributed by atoms with Crippen LogP contribution < -0.4 is 0 Å². The zero-order valence-electron chi connectivity index (χ0n) is 3.96. The Morgan fingerprint density at radius 2 is 1.71 bits per heavy atom. The summed E-state index contributed by atoms with van der Waals surface area (Å²) in [6.07, 6.45) is 5.96. The van der Waals surface area contributed by atoms with E-state index in [1.54, 1.807) is 6.92 Å². The largest absolute Gasteiger partial charge is 0.694 e. The van der Waals surface area contributed by atoms with Gasteiger partial charge < -0.3 is 17.2 Å². The molecule has 0 aliphatic heterocycles. The molecule has 0 atom stereocenters. The van der Waals surface area contributed by atoms with Crippen LogP contribution in [0.5, 0.6) is 0 Å². The fourth-order valence-electron chi connectivity index (χ4n) is 0. The predicted octanol–water partition coefficient (Wildman–Crippen LogP) is 1.29. The van der Waals surface area contributed by atoms with Gasteiger partial charge in [-0.2, -0.15) is 0 Å². The molecule has 1 nitrogen and oxygen atoms in total. The second-order valence-electron chi connectivity index (χ2n) is 0.408. The Balaban J connectivity index is -0.0000000400. The number of hydrogen-bond acceptors (Lipinski definition) is 0. The summed E-state index contributed by atoms with van der Waals surface area (Å²) in [6, 6.07) is 0. The quantitative estimate of drug-likeness (QED) is 0.357. The van der Waals surface area contributed by atoms with Crippen LogP contribution in [0.1, 0.15) is 6.92 Å². The Kier molecular flexibility index (Phi) is 101. The SMILES string of the molecule is [Au].[C-]#CC.[C-]#[N+][CH2-]. The van der Waals surface area contributed by atoms with Gasteiger partial charge in [0.25, 0.3) is 0 Å². The smallest absolute Gasteiger partial charge is 0 e. The molecule has 2 heteroatoms.